The average Bonchev–Trinajstić information content (AvgIpc) is 3.87. The number of fused-ring (bicyclic) bond motifs is 14. The molecule has 0 atom stereocenters. The summed E-state index contributed by atoms with van der Waals surface area (Å²) in [4.78, 5) is 21.4. The maximum absolute atomic E-state index is 5.69. The van der Waals surface area contributed by atoms with Crippen molar-refractivity contribution in [3.63, 3.8) is 0 Å². The topological polar surface area (TPSA) is 45.2 Å². The predicted octanol–water partition coefficient (Wildman–Crippen LogP) is 15.8. The summed E-state index contributed by atoms with van der Waals surface area (Å²) in [6.07, 6.45) is 0. The van der Waals surface area contributed by atoms with Crippen molar-refractivity contribution < 1.29 is 0 Å². The summed E-state index contributed by atoms with van der Waals surface area (Å²) in [5.74, 6) is 1.83. The highest BCUT2D eigenvalue weighted by atomic mass is 15.3. The number of anilines is 6. The van der Waals surface area contributed by atoms with Crippen molar-refractivity contribution in [1.29, 1.82) is 0 Å². The second kappa shape index (κ2) is 14.3. The summed E-state index contributed by atoms with van der Waals surface area (Å²) in [7, 11) is 0. The van der Waals surface area contributed by atoms with Gasteiger partial charge >= 0.3 is 0 Å². The molecule has 2 aliphatic heterocycles. The Labute approximate surface area is 403 Å². The Morgan fingerprint density at radius 2 is 0.754 bits per heavy atom. The molecule has 0 saturated carbocycles. The van der Waals surface area contributed by atoms with Crippen LogP contribution in [-0.4, -0.2) is 15.0 Å². The van der Waals surface area contributed by atoms with Gasteiger partial charge in [0.25, 0.3) is 0 Å². The number of benzene rings is 9. The van der Waals surface area contributed by atoms with Crippen LogP contribution in [0.1, 0.15) is 72.2 Å². The van der Waals surface area contributed by atoms with E-state index in [4.69, 9.17) is 15.0 Å². The van der Waals surface area contributed by atoms with Gasteiger partial charge in [-0.3, -0.25) is 4.90 Å². The molecule has 0 amide bonds. The van der Waals surface area contributed by atoms with Crippen molar-refractivity contribution in [2.24, 2.45) is 0 Å². The van der Waals surface area contributed by atoms with Gasteiger partial charge in [-0.05, 0) is 103 Å². The van der Waals surface area contributed by atoms with Gasteiger partial charge in [0.1, 0.15) is 0 Å². The molecule has 0 bridgehead atoms. The zero-order valence-electron chi connectivity index (χ0n) is 38.9. The SMILES string of the molecule is CC1(C)c2ccccc2N(c2ccccc2)c2cc3c(cc21)N(c1nc(-c2ccccc2)nc(-c2cccc4c2-c2ccccc2C42c4ccccc4-c4ccccc42)n1)c1ccccc1C3(C)C. The van der Waals surface area contributed by atoms with Crippen molar-refractivity contribution in [2.45, 2.75) is 43.9 Å². The minimum atomic E-state index is -0.498. The third kappa shape index (κ3) is 5.33. The summed E-state index contributed by atoms with van der Waals surface area (Å²) in [5, 5.41) is 0. The largest absolute Gasteiger partial charge is 0.310 e. The van der Waals surface area contributed by atoms with Crippen LogP contribution in [0.15, 0.2) is 212 Å². The minimum Gasteiger partial charge on any atom is -0.310 e. The number of nitrogens with zero attached hydrogens (tertiary/aromatic N) is 5. The normalized spacial score (nSPS) is 15.5. The molecule has 328 valence electrons. The zero-order chi connectivity index (χ0) is 46.2. The summed E-state index contributed by atoms with van der Waals surface area (Å²) < 4.78 is 0. The Morgan fingerprint density at radius 1 is 0.319 bits per heavy atom. The van der Waals surface area contributed by atoms with Gasteiger partial charge in [0.2, 0.25) is 5.95 Å². The van der Waals surface area contributed by atoms with Crippen LogP contribution in [0, 0.1) is 0 Å². The van der Waals surface area contributed by atoms with Crippen molar-refractivity contribution in [3.05, 3.63) is 257 Å². The number of aromatic nitrogens is 3. The van der Waals surface area contributed by atoms with Gasteiger partial charge in [-0.2, -0.15) is 9.97 Å². The van der Waals surface area contributed by atoms with E-state index in [0.29, 0.717) is 17.6 Å². The third-order valence-electron chi connectivity index (χ3n) is 15.7. The Kier molecular flexibility index (Phi) is 8.24. The maximum atomic E-state index is 5.69. The number of rotatable bonds is 4. The summed E-state index contributed by atoms with van der Waals surface area (Å²) in [6.45, 7) is 9.44. The molecule has 2 aliphatic carbocycles. The van der Waals surface area contributed by atoms with Crippen LogP contribution < -0.4 is 9.80 Å². The molecule has 14 rings (SSSR count). The van der Waals surface area contributed by atoms with Gasteiger partial charge in [-0.25, -0.2) is 4.98 Å². The van der Waals surface area contributed by atoms with Crippen molar-refractivity contribution in [2.75, 3.05) is 9.80 Å². The quantitative estimate of drug-likeness (QED) is 0.176. The molecule has 4 aliphatic rings. The number of hydrogen-bond donors (Lipinski definition) is 0. The van der Waals surface area contributed by atoms with Gasteiger partial charge in [-0.1, -0.05) is 204 Å². The molecule has 5 nitrogen and oxygen atoms in total. The first-order chi connectivity index (χ1) is 33.8. The summed E-state index contributed by atoms with van der Waals surface area (Å²) >= 11 is 0. The fourth-order valence-electron chi connectivity index (χ4n) is 12.6. The van der Waals surface area contributed by atoms with Crippen LogP contribution in [-0.2, 0) is 16.2 Å². The van der Waals surface area contributed by atoms with Crippen LogP contribution in [0.2, 0.25) is 0 Å². The maximum Gasteiger partial charge on any atom is 0.238 e. The predicted molar refractivity (Wildman–Crippen MR) is 281 cm³/mol. The lowest BCUT2D eigenvalue weighted by atomic mass is 9.69. The molecule has 1 spiro atoms. The van der Waals surface area contributed by atoms with E-state index in [1.807, 2.05) is 6.07 Å². The van der Waals surface area contributed by atoms with E-state index in [1.165, 1.54) is 72.6 Å². The molecule has 0 fully saturated rings. The van der Waals surface area contributed by atoms with Crippen LogP contribution in [0.25, 0.3) is 45.0 Å². The second-order valence-electron chi connectivity index (χ2n) is 19.9. The fourth-order valence-corrected chi connectivity index (χ4v) is 12.6. The molecule has 0 radical (unpaired) electrons. The Bertz CT molecular complexity index is 3710. The smallest absolute Gasteiger partial charge is 0.238 e. The van der Waals surface area contributed by atoms with Crippen molar-refractivity contribution >= 4 is 34.4 Å². The van der Waals surface area contributed by atoms with Crippen molar-refractivity contribution in [3.8, 4) is 45.0 Å². The first kappa shape index (κ1) is 39.7. The van der Waals surface area contributed by atoms with E-state index in [9.17, 15) is 0 Å². The van der Waals surface area contributed by atoms with E-state index in [-0.39, 0.29) is 10.8 Å². The van der Waals surface area contributed by atoms with Crippen LogP contribution in [0.3, 0.4) is 0 Å². The fraction of sp³-hybridized carbons (Fsp3) is 0.109. The first-order valence-electron chi connectivity index (χ1n) is 24.0. The van der Waals surface area contributed by atoms with E-state index in [2.05, 4.69) is 244 Å². The molecule has 10 aromatic rings. The lowest BCUT2D eigenvalue weighted by molar-refractivity contribution is 0.614. The Hall–Kier alpha value is -8.41. The van der Waals surface area contributed by atoms with Gasteiger partial charge < -0.3 is 4.90 Å². The summed E-state index contributed by atoms with van der Waals surface area (Å²) in [5.41, 5.74) is 21.3. The van der Waals surface area contributed by atoms with Gasteiger partial charge in [0.15, 0.2) is 11.6 Å². The molecule has 69 heavy (non-hydrogen) atoms. The lowest BCUT2D eigenvalue weighted by Gasteiger charge is -2.46. The monoisotopic (exact) mass is 885 g/mol. The van der Waals surface area contributed by atoms with Crippen LogP contribution in [0.5, 0.6) is 0 Å². The molecule has 9 aromatic carbocycles. The van der Waals surface area contributed by atoms with Crippen LogP contribution in [0.4, 0.5) is 34.4 Å². The lowest BCUT2D eigenvalue weighted by Crippen LogP contribution is -2.35. The molecule has 3 heterocycles. The Morgan fingerprint density at radius 3 is 1.36 bits per heavy atom. The minimum absolute atomic E-state index is 0.329. The zero-order valence-corrected chi connectivity index (χ0v) is 38.9. The number of hydrogen-bond acceptors (Lipinski definition) is 5. The van der Waals surface area contributed by atoms with Crippen LogP contribution >= 0.6 is 0 Å². The highest BCUT2D eigenvalue weighted by molar-refractivity contribution is 6.00. The molecule has 1 aromatic heterocycles. The van der Waals surface area contributed by atoms with E-state index in [1.54, 1.807) is 0 Å². The van der Waals surface area contributed by atoms with E-state index < -0.39 is 5.41 Å². The second-order valence-corrected chi connectivity index (χ2v) is 19.9. The Balaban J connectivity index is 1.04. The van der Waals surface area contributed by atoms with Gasteiger partial charge in [0.05, 0.1) is 28.2 Å². The summed E-state index contributed by atoms with van der Waals surface area (Å²) in [6, 6.07) is 77.4. The highest BCUT2D eigenvalue weighted by Gasteiger charge is 2.52. The molecule has 0 saturated heterocycles. The molecule has 5 heteroatoms. The average molecular weight is 886 g/mol. The number of para-hydroxylation sites is 3. The molecule has 0 unspecified atom stereocenters. The molecular formula is C64H47N5. The van der Waals surface area contributed by atoms with Crippen molar-refractivity contribution in [1.82, 2.24) is 15.0 Å². The van der Waals surface area contributed by atoms with E-state index >= 15 is 0 Å². The molecular weight excluding hydrogens is 839 g/mol. The third-order valence-corrected chi connectivity index (χ3v) is 15.7. The standard InChI is InChI=1S/C64H47N5/c1-62(2)49-33-17-19-36-54(49)68(41-24-9-6-10-25-41)56-38-53-57(39-52(56)62)69(55-37-20-18-34-50(55)63(53,3)4)61-66-59(40-22-7-5-8-23-40)65-60(67-61)45-29-21-35-51-58(45)44-28-13-16-32-48(44)64(51)46-30-14-11-26-42(46)43-27-12-15-31-47(43)64/h5-39H,1-4H3. The van der Waals surface area contributed by atoms with Gasteiger partial charge in [0, 0.05) is 27.6 Å². The molecule has 0 N–H and O–H groups in total. The van der Waals surface area contributed by atoms with E-state index in [0.717, 1.165) is 33.8 Å². The first-order valence-corrected chi connectivity index (χ1v) is 24.0. The highest BCUT2D eigenvalue weighted by Crippen LogP contribution is 2.64. The van der Waals surface area contributed by atoms with Gasteiger partial charge in [-0.15, -0.1) is 0 Å².